The molecule has 0 aromatic carbocycles. The van der Waals surface area contributed by atoms with Gasteiger partial charge < -0.3 is 5.43 Å². The molecule has 1 saturated carbocycles. The van der Waals surface area contributed by atoms with E-state index in [1.165, 1.54) is 12.8 Å². The van der Waals surface area contributed by atoms with Crippen molar-refractivity contribution in [3.05, 3.63) is 35.2 Å². The molecule has 0 spiro atoms. The number of anilines is 1. The zero-order valence-corrected chi connectivity index (χ0v) is 11.1. The van der Waals surface area contributed by atoms with Crippen molar-refractivity contribution in [2.75, 3.05) is 5.43 Å². The van der Waals surface area contributed by atoms with Crippen LogP contribution in [0.5, 0.6) is 0 Å². The van der Waals surface area contributed by atoms with Gasteiger partial charge in [-0.3, -0.25) is 4.98 Å². The summed E-state index contributed by atoms with van der Waals surface area (Å²) < 4.78 is 0. The highest BCUT2D eigenvalue weighted by molar-refractivity contribution is 5.57. The Morgan fingerprint density at radius 3 is 2.63 bits per heavy atom. The average molecular weight is 255 g/mol. The molecule has 0 amide bonds. The van der Waals surface area contributed by atoms with Crippen molar-refractivity contribution in [1.29, 1.82) is 0 Å². The van der Waals surface area contributed by atoms with Gasteiger partial charge in [0.15, 0.2) is 5.82 Å². The van der Waals surface area contributed by atoms with Gasteiger partial charge in [-0.15, -0.1) is 0 Å². The van der Waals surface area contributed by atoms with Crippen molar-refractivity contribution in [3.63, 3.8) is 0 Å². The quantitative estimate of drug-likeness (QED) is 0.650. The second kappa shape index (κ2) is 4.59. The maximum Gasteiger partial charge on any atom is 0.180 e. The molecular formula is C14H17N5. The van der Waals surface area contributed by atoms with Gasteiger partial charge in [-0.1, -0.05) is 6.07 Å². The van der Waals surface area contributed by atoms with Gasteiger partial charge in [0.1, 0.15) is 11.5 Å². The summed E-state index contributed by atoms with van der Waals surface area (Å²) in [6.45, 7) is 4.05. The van der Waals surface area contributed by atoms with E-state index in [0.29, 0.717) is 17.6 Å². The molecule has 2 aromatic rings. The van der Waals surface area contributed by atoms with Crippen LogP contribution < -0.4 is 11.3 Å². The fourth-order valence-electron chi connectivity index (χ4n) is 2.18. The van der Waals surface area contributed by atoms with Crippen molar-refractivity contribution < 1.29 is 0 Å². The predicted octanol–water partition coefficient (Wildman–Crippen LogP) is 2.32. The first-order valence-electron chi connectivity index (χ1n) is 6.46. The van der Waals surface area contributed by atoms with Crippen LogP contribution in [-0.2, 0) is 0 Å². The van der Waals surface area contributed by atoms with Gasteiger partial charge in [0.2, 0.25) is 0 Å². The van der Waals surface area contributed by atoms with Crippen molar-refractivity contribution in [2.24, 2.45) is 5.84 Å². The van der Waals surface area contributed by atoms with E-state index in [0.717, 1.165) is 22.5 Å². The molecule has 1 aliphatic rings. The summed E-state index contributed by atoms with van der Waals surface area (Å²) in [4.78, 5) is 13.5. The van der Waals surface area contributed by atoms with E-state index in [-0.39, 0.29) is 0 Å². The minimum atomic E-state index is 0.555. The molecule has 1 fully saturated rings. The first kappa shape index (κ1) is 12.0. The van der Waals surface area contributed by atoms with E-state index < -0.39 is 0 Å². The lowest BCUT2D eigenvalue weighted by Crippen LogP contribution is -2.11. The number of nitrogens with zero attached hydrogens (tertiary/aromatic N) is 3. The Bertz CT molecular complexity index is 619. The molecule has 0 atom stereocenters. The Labute approximate surface area is 112 Å². The summed E-state index contributed by atoms with van der Waals surface area (Å²) >= 11 is 0. The number of rotatable bonds is 3. The highest BCUT2D eigenvalue weighted by Crippen LogP contribution is 2.40. The van der Waals surface area contributed by atoms with Crippen LogP contribution in [0.4, 0.5) is 5.82 Å². The molecule has 3 N–H and O–H groups in total. The lowest BCUT2D eigenvalue weighted by Gasteiger charge is -2.09. The number of aromatic nitrogens is 3. The average Bonchev–Trinajstić information content (AvgIpc) is 3.22. The van der Waals surface area contributed by atoms with E-state index in [4.69, 9.17) is 5.84 Å². The van der Waals surface area contributed by atoms with Crippen LogP contribution in [0.2, 0.25) is 0 Å². The Morgan fingerprint density at radius 1 is 1.21 bits per heavy atom. The lowest BCUT2D eigenvalue weighted by atomic mass is 10.1. The molecule has 2 heterocycles. The zero-order valence-electron chi connectivity index (χ0n) is 11.1. The smallest absolute Gasteiger partial charge is 0.180 e. The van der Waals surface area contributed by atoms with Gasteiger partial charge in [0.05, 0.1) is 0 Å². The predicted molar refractivity (Wildman–Crippen MR) is 74.5 cm³/mol. The van der Waals surface area contributed by atoms with Crippen LogP contribution in [0.15, 0.2) is 18.3 Å². The van der Waals surface area contributed by atoms with Crippen LogP contribution >= 0.6 is 0 Å². The summed E-state index contributed by atoms with van der Waals surface area (Å²) in [7, 11) is 0. The maximum atomic E-state index is 5.49. The molecule has 0 saturated heterocycles. The summed E-state index contributed by atoms with van der Waals surface area (Å²) in [6.07, 6.45) is 4.23. The molecule has 5 nitrogen and oxygen atoms in total. The minimum Gasteiger partial charge on any atom is -0.308 e. The van der Waals surface area contributed by atoms with E-state index in [1.807, 2.05) is 26.1 Å². The molecular weight excluding hydrogens is 238 g/mol. The van der Waals surface area contributed by atoms with Gasteiger partial charge in [0.25, 0.3) is 0 Å². The largest absolute Gasteiger partial charge is 0.308 e. The van der Waals surface area contributed by atoms with Gasteiger partial charge in [-0.25, -0.2) is 15.8 Å². The molecule has 98 valence electrons. The molecule has 0 bridgehead atoms. The van der Waals surface area contributed by atoms with Crippen LogP contribution in [0, 0.1) is 13.8 Å². The van der Waals surface area contributed by atoms with Gasteiger partial charge in [-0.05, 0) is 37.8 Å². The fraction of sp³-hybridized carbons (Fsp3) is 0.357. The van der Waals surface area contributed by atoms with Gasteiger partial charge in [-0.2, -0.15) is 0 Å². The number of nitrogens with two attached hydrogens (primary N) is 1. The van der Waals surface area contributed by atoms with E-state index in [1.54, 1.807) is 0 Å². The Hall–Kier alpha value is -2.01. The second-order valence-electron chi connectivity index (χ2n) is 5.10. The standard InChI is InChI=1S/C14H17N5/c1-8-5-9(2)13(16-7-8)14-17-11(10-3-4-10)6-12(18-14)19-15/h5-7,10H,3-4,15H2,1-2H3,(H,17,18,19). The van der Waals surface area contributed by atoms with Crippen molar-refractivity contribution in [2.45, 2.75) is 32.6 Å². The first-order chi connectivity index (χ1) is 9.17. The number of hydrazine groups is 1. The van der Waals surface area contributed by atoms with Crippen LogP contribution in [0.3, 0.4) is 0 Å². The Kier molecular flexibility index (Phi) is 2.91. The lowest BCUT2D eigenvalue weighted by molar-refractivity contribution is 0.981. The minimum absolute atomic E-state index is 0.555. The fourth-order valence-corrected chi connectivity index (χ4v) is 2.18. The number of nitrogens with one attached hydrogen (secondary N) is 1. The molecule has 19 heavy (non-hydrogen) atoms. The molecule has 5 heteroatoms. The molecule has 2 aromatic heterocycles. The van der Waals surface area contributed by atoms with Gasteiger partial charge >= 0.3 is 0 Å². The topological polar surface area (TPSA) is 76.7 Å². The van der Waals surface area contributed by atoms with Crippen molar-refractivity contribution in [1.82, 2.24) is 15.0 Å². The summed E-state index contributed by atoms with van der Waals surface area (Å²) in [5.41, 5.74) is 6.71. The summed E-state index contributed by atoms with van der Waals surface area (Å²) in [5, 5.41) is 0. The zero-order chi connectivity index (χ0) is 13.4. The van der Waals surface area contributed by atoms with Crippen molar-refractivity contribution >= 4 is 5.82 Å². The molecule has 0 radical (unpaired) electrons. The molecule has 0 unspecified atom stereocenters. The first-order valence-corrected chi connectivity index (χ1v) is 6.46. The number of aryl methyl sites for hydroxylation is 2. The van der Waals surface area contributed by atoms with E-state index in [2.05, 4.69) is 26.4 Å². The second-order valence-corrected chi connectivity index (χ2v) is 5.10. The highest BCUT2D eigenvalue weighted by atomic mass is 15.3. The van der Waals surface area contributed by atoms with E-state index >= 15 is 0 Å². The number of pyridine rings is 1. The monoisotopic (exact) mass is 255 g/mol. The number of hydrogen-bond donors (Lipinski definition) is 2. The SMILES string of the molecule is Cc1cnc(-c2nc(NN)cc(C3CC3)n2)c(C)c1. The molecule has 3 rings (SSSR count). The van der Waals surface area contributed by atoms with E-state index in [9.17, 15) is 0 Å². The summed E-state index contributed by atoms with van der Waals surface area (Å²) in [6, 6.07) is 4.01. The summed E-state index contributed by atoms with van der Waals surface area (Å²) in [5.74, 6) is 7.34. The normalized spacial score (nSPS) is 14.5. The van der Waals surface area contributed by atoms with Gasteiger partial charge in [0, 0.05) is 23.9 Å². The number of hydrogen-bond acceptors (Lipinski definition) is 5. The third-order valence-electron chi connectivity index (χ3n) is 3.32. The van der Waals surface area contributed by atoms with Crippen LogP contribution in [0.1, 0.15) is 35.6 Å². The van der Waals surface area contributed by atoms with Crippen LogP contribution in [-0.4, -0.2) is 15.0 Å². The highest BCUT2D eigenvalue weighted by Gasteiger charge is 2.26. The third kappa shape index (κ3) is 2.42. The Balaban J connectivity index is 2.10. The van der Waals surface area contributed by atoms with Crippen LogP contribution in [0.25, 0.3) is 11.5 Å². The third-order valence-corrected chi connectivity index (χ3v) is 3.32. The number of nitrogen functional groups attached to an aromatic ring is 1. The Morgan fingerprint density at radius 2 is 2.00 bits per heavy atom. The van der Waals surface area contributed by atoms with Crippen molar-refractivity contribution in [3.8, 4) is 11.5 Å². The molecule has 1 aliphatic carbocycles. The maximum absolute atomic E-state index is 5.49. The molecule has 0 aliphatic heterocycles.